The first-order chi connectivity index (χ1) is 12.6. The zero-order valence-corrected chi connectivity index (χ0v) is 15.3. The fraction of sp³-hybridized carbons (Fsp3) is 0.211. The summed E-state index contributed by atoms with van der Waals surface area (Å²) in [6.07, 6.45) is 1.64. The van der Waals surface area contributed by atoms with E-state index in [-0.39, 0.29) is 18.3 Å². The Morgan fingerprint density at radius 2 is 2.04 bits per heavy atom. The van der Waals surface area contributed by atoms with Crippen LogP contribution in [0.1, 0.15) is 32.9 Å². The van der Waals surface area contributed by atoms with Gasteiger partial charge in [0.1, 0.15) is 16.6 Å². The van der Waals surface area contributed by atoms with Crippen LogP contribution >= 0.6 is 11.8 Å². The molecule has 0 saturated heterocycles. The molecule has 0 radical (unpaired) electrons. The zero-order chi connectivity index (χ0) is 18.5. The van der Waals surface area contributed by atoms with Gasteiger partial charge in [0.2, 0.25) is 0 Å². The molecule has 0 saturated carbocycles. The molecule has 3 rings (SSSR count). The minimum absolute atomic E-state index is 0.119. The van der Waals surface area contributed by atoms with Gasteiger partial charge < -0.3 is 9.84 Å². The maximum Gasteiger partial charge on any atom is 0.254 e. The molecule has 5 nitrogen and oxygen atoms in total. The third-order valence-electron chi connectivity index (χ3n) is 3.95. The van der Waals surface area contributed by atoms with Crippen molar-refractivity contribution in [2.75, 3.05) is 0 Å². The maximum absolute atomic E-state index is 13.7. The van der Waals surface area contributed by atoms with Crippen LogP contribution in [0, 0.1) is 19.7 Å². The van der Waals surface area contributed by atoms with Gasteiger partial charge in [0.15, 0.2) is 0 Å². The molecule has 0 unspecified atom stereocenters. The highest BCUT2D eigenvalue weighted by molar-refractivity contribution is 7.98. The Hall–Kier alpha value is -2.67. The Morgan fingerprint density at radius 3 is 2.77 bits per heavy atom. The van der Waals surface area contributed by atoms with E-state index >= 15 is 0 Å². The fourth-order valence-electron chi connectivity index (χ4n) is 2.44. The van der Waals surface area contributed by atoms with Crippen molar-refractivity contribution in [3.8, 4) is 0 Å². The number of halogens is 1. The lowest BCUT2D eigenvalue weighted by Gasteiger charge is -2.09. The van der Waals surface area contributed by atoms with Crippen molar-refractivity contribution in [1.29, 1.82) is 0 Å². The molecule has 1 amide bonds. The first-order valence-corrected chi connectivity index (χ1v) is 9.06. The van der Waals surface area contributed by atoms with Gasteiger partial charge in [0, 0.05) is 29.6 Å². The Balaban J connectivity index is 1.70. The number of carbonyl (C=O) groups excluding carboxylic acids is 1. The summed E-state index contributed by atoms with van der Waals surface area (Å²) in [4.78, 5) is 16.8. The van der Waals surface area contributed by atoms with Gasteiger partial charge in [-0.15, -0.1) is 11.8 Å². The van der Waals surface area contributed by atoms with Gasteiger partial charge in [0.25, 0.3) is 5.91 Å². The summed E-state index contributed by atoms with van der Waals surface area (Å²) in [7, 11) is 0. The number of aromatic nitrogens is 2. The number of pyridine rings is 1. The van der Waals surface area contributed by atoms with Crippen molar-refractivity contribution >= 4 is 17.7 Å². The minimum atomic E-state index is -0.341. The Labute approximate surface area is 155 Å². The molecule has 0 atom stereocenters. The van der Waals surface area contributed by atoms with Crippen LogP contribution in [-0.4, -0.2) is 16.0 Å². The van der Waals surface area contributed by atoms with Crippen molar-refractivity contribution in [1.82, 2.24) is 15.5 Å². The quantitative estimate of drug-likeness (QED) is 0.662. The lowest BCUT2D eigenvalue weighted by atomic mass is 10.2. The number of benzene rings is 1. The number of amides is 1. The second kappa shape index (κ2) is 8.14. The maximum atomic E-state index is 13.7. The van der Waals surface area contributed by atoms with E-state index in [0.717, 1.165) is 17.0 Å². The molecular weight excluding hydrogens is 353 g/mol. The highest BCUT2D eigenvalue weighted by Crippen LogP contribution is 2.27. The van der Waals surface area contributed by atoms with Crippen LogP contribution < -0.4 is 5.32 Å². The zero-order valence-electron chi connectivity index (χ0n) is 14.5. The molecule has 134 valence electrons. The lowest BCUT2D eigenvalue weighted by molar-refractivity contribution is 0.0947. The molecule has 1 N–H and O–H groups in total. The summed E-state index contributed by atoms with van der Waals surface area (Å²) >= 11 is 1.44. The number of nitrogens with zero attached hydrogens (tertiary/aromatic N) is 2. The monoisotopic (exact) mass is 371 g/mol. The van der Waals surface area contributed by atoms with Gasteiger partial charge in [-0.2, -0.15) is 0 Å². The van der Waals surface area contributed by atoms with E-state index in [1.54, 1.807) is 36.5 Å². The van der Waals surface area contributed by atoms with Gasteiger partial charge in [0.05, 0.1) is 11.3 Å². The highest BCUT2D eigenvalue weighted by atomic mass is 32.2. The third-order valence-corrected chi connectivity index (χ3v) is 4.98. The van der Waals surface area contributed by atoms with Crippen LogP contribution in [0.2, 0.25) is 0 Å². The van der Waals surface area contributed by atoms with E-state index in [9.17, 15) is 9.18 Å². The SMILES string of the molecule is Cc1noc(C)c1CSc1ncccc1C(=O)NCc1ccccc1F. The highest BCUT2D eigenvalue weighted by Gasteiger charge is 2.15. The number of hydrogen-bond acceptors (Lipinski definition) is 5. The van der Waals surface area contributed by atoms with E-state index in [2.05, 4.69) is 15.5 Å². The van der Waals surface area contributed by atoms with E-state index in [0.29, 0.717) is 21.9 Å². The topological polar surface area (TPSA) is 68.0 Å². The second-order valence-electron chi connectivity index (χ2n) is 5.72. The summed E-state index contributed by atoms with van der Waals surface area (Å²) in [5.74, 6) is 0.734. The van der Waals surface area contributed by atoms with Gasteiger partial charge in [-0.25, -0.2) is 9.37 Å². The first-order valence-electron chi connectivity index (χ1n) is 8.07. The molecule has 3 aromatic rings. The van der Waals surface area contributed by atoms with Crippen LogP contribution in [0.4, 0.5) is 4.39 Å². The summed E-state index contributed by atoms with van der Waals surface area (Å²) < 4.78 is 18.9. The molecular formula is C19H18FN3O2S. The lowest BCUT2D eigenvalue weighted by Crippen LogP contribution is -2.24. The molecule has 0 spiro atoms. The Bertz CT molecular complexity index is 907. The molecule has 0 aliphatic rings. The molecule has 0 fully saturated rings. The van der Waals surface area contributed by atoms with Crippen LogP contribution in [0.15, 0.2) is 52.1 Å². The molecule has 0 bridgehead atoms. The van der Waals surface area contributed by atoms with Gasteiger partial charge >= 0.3 is 0 Å². The average Bonchev–Trinajstić information content (AvgIpc) is 2.97. The number of hydrogen-bond donors (Lipinski definition) is 1. The largest absolute Gasteiger partial charge is 0.361 e. The van der Waals surface area contributed by atoms with Gasteiger partial charge in [-0.05, 0) is 32.0 Å². The normalized spacial score (nSPS) is 10.7. The first kappa shape index (κ1) is 18.1. The van der Waals surface area contributed by atoms with Gasteiger partial charge in [-0.1, -0.05) is 23.4 Å². The number of nitrogens with one attached hydrogen (secondary N) is 1. The van der Waals surface area contributed by atoms with Gasteiger partial charge in [-0.3, -0.25) is 4.79 Å². The second-order valence-corrected chi connectivity index (χ2v) is 6.69. The predicted molar refractivity (Wildman–Crippen MR) is 97.3 cm³/mol. The molecule has 0 aliphatic carbocycles. The Morgan fingerprint density at radius 1 is 1.23 bits per heavy atom. The fourth-order valence-corrected chi connectivity index (χ4v) is 3.58. The van der Waals surface area contributed by atoms with Crippen molar-refractivity contribution < 1.29 is 13.7 Å². The molecule has 0 aliphatic heterocycles. The number of aryl methyl sites for hydroxylation is 2. The van der Waals surface area contributed by atoms with E-state index < -0.39 is 0 Å². The van der Waals surface area contributed by atoms with E-state index in [1.165, 1.54) is 17.8 Å². The van der Waals surface area contributed by atoms with Crippen LogP contribution in [0.3, 0.4) is 0 Å². The van der Waals surface area contributed by atoms with Crippen LogP contribution in [-0.2, 0) is 12.3 Å². The summed E-state index contributed by atoms with van der Waals surface area (Å²) in [6, 6.07) is 9.78. The van der Waals surface area contributed by atoms with Crippen molar-refractivity contribution in [3.05, 3.63) is 76.6 Å². The van der Waals surface area contributed by atoms with Crippen molar-refractivity contribution in [2.24, 2.45) is 0 Å². The molecule has 2 heterocycles. The predicted octanol–water partition coefficient (Wildman–Crippen LogP) is 4.05. The van der Waals surface area contributed by atoms with Crippen LogP contribution in [0.25, 0.3) is 0 Å². The summed E-state index contributed by atoms with van der Waals surface area (Å²) in [5, 5.41) is 7.29. The average molecular weight is 371 g/mol. The van der Waals surface area contributed by atoms with Crippen molar-refractivity contribution in [2.45, 2.75) is 31.2 Å². The third kappa shape index (κ3) is 4.11. The smallest absolute Gasteiger partial charge is 0.254 e. The number of thioether (sulfide) groups is 1. The molecule has 2 aromatic heterocycles. The molecule has 7 heteroatoms. The standard InChI is InChI=1S/C19H18FN3O2S/c1-12-16(13(2)25-23-12)11-26-19-15(7-5-9-21-19)18(24)22-10-14-6-3-4-8-17(14)20/h3-9H,10-11H2,1-2H3,(H,22,24). The Kier molecular flexibility index (Phi) is 5.68. The summed E-state index contributed by atoms with van der Waals surface area (Å²) in [6.45, 7) is 3.86. The summed E-state index contributed by atoms with van der Waals surface area (Å²) in [5.41, 5.74) is 2.73. The minimum Gasteiger partial charge on any atom is -0.361 e. The van der Waals surface area contributed by atoms with Crippen LogP contribution in [0.5, 0.6) is 0 Å². The number of carbonyl (C=O) groups is 1. The van der Waals surface area contributed by atoms with Crippen molar-refractivity contribution in [3.63, 3.8) is 0 Å². The van der Waals surface area contributed by atoms with E-state index in [4.69, 9.17) is 4.52 Å². The van der Waals surface area contributed by atoms with E-state index in [1.807, 2.05) is 13.8 Å². The molecule has 1 aromatic carbocycles. The number of rotatable bonds is 6. The molecule has 26 heavy (non-hydrogen) atoms.